The van der Waals surface area contributed by atoms with E-state index in [1.54, 1.807) is 11.6 Å². The summed E-state index contributed by atoms with van der Waals surface area (Å²) in [5.74, 6) is 0. The average Bonchev–Trinajstić information content (AvgIpc) is 2.78. The van der Waals surface area contributed by atoms with Gasteiger partial charge in [-0.3, -0.25) is 4.98 Å². The molecule has 2 rings (SSSR count). The molecule has 5 nitrogen and oxygen atoms in total. The molecule has 96 valence electrons. The minimum atomic E-state index is -3.45. The van der Waals surface area contributed by atoms with Crippen LogP contribution >= 0.6 is 11.3 Å². The molecule has 0 atom stereocenters. The number of nitrogens with two attached hydrogens (primary N) is 1. The van der Waals surface area contributed by atoms with Crippen LogP contribution in [0.3, 0.4) is 0 Å². The molecular formula is C11H13N3O2S2. The summed E-state index contributed by atoms with van der Waals surface area (Å²) < 4.78 is 26.5. The highest BCUT2D eigenvalue weighted by Gasteiger charge is 2.15. The van der Waals surface area contributed by atoms with Crippen molar-refractivity contribution in [2.75, 3.05) is 12.3 Å². The van der Waals surface area contributed by atoms with E-state index in [0.717, 1.165) is 17.0 Å². The molecule has 0 amide bonds. The maximum Gasteiger partial charge on any atom is 0.250 e. The maximum atomic E-state index is 11.9. The summed E-state index contributed by atoms with van der Waals surface area (Å²) in [6.45, 7) is 0.317. The van der Waals surface area contributed by atoms with Crippen molar-refractivity contribution in [3.8, 4) is 0 Å². The SMILES string of the molecule is Nc1csc(S(=O)(=O)NCCc2ccccn2)c1. The van der Waals surface area contributed by atoms with E-state index in [-0.39, 0.29) is 4.21 Å². The monoisotopic (exact) mass is 283 g/mol. The van der Waals surface area contributed by atoms with Gasteiger partial charge in [-0.2, -0.15) is 0 Å². The third kappa shape index (κ3) is 3.28. The van der Waals surface area contributed by atoms with Crippen LogP contribution in [0.25, 0.3) is 0 Å². The van der Waals surface area contributed by atoms with Crippen LogP contribution in [0.5, 0.6) is 0 Å². The maximum absolute atomic E-state index is 11.9. The van der Waals surface area contributed by atoms with Crippen molar-refractivity contribution in [3.05, 3.63) is 41.5 Å². The quantitative estimate of drug-likeness (QED) is 0.864. The van der Waals surface area contributed by atoms with Crippen molar-refractivity contribution in [2.24, 2.45) is 0 Å². The van der Waals surface area contributed by atoms with E-state index in [1.807, 2.05) is 18.2 Å². The molecule has 0 saturated heterocycles. The summed E-state index contributed by atoms with van der Waals surface area (Å²) in [4.78, 5) is 4.12. The molecule has 0 saturated carbocycles. The number of hydrogen-bond donors (Lipinski definition) is 2. The molecule has 0 unspecified atom stereocenters. The van der Waals surface area contributed by atoms with Crippen LogP contribution in [0.2, 0.25) is 0 Å². The first-order valence-electron chi connectivity index (χ1n) is 5.31. The lowest BCUT2D eigenvalue weighted by molar-refractivity contribution is 0.583. The largest absolute Gasteiger partial charge is 0.398 e. The topological polar surface area (TPSA) is 85.1 Å². The normalized spacial score (nSPS) is 11.6. The Labute approximate surface area is 110 Å². The van der Waals surface area contributed by atoms with E-state index < -0.39 is 10.0 Å². The standard InChI is InChI=1S/C11H13N3O2S2/c12-9-7-11(17-8-9)18(15,16)14-6-4-10-3-1-2-5-13-10/h1-3,5,7-8,14H,4,6,12H2. The molecule has 0 aliphatic rings. The highest BCUT2D eigenvalue weighted by atomic mass is 32.2. The summed E-state index contributed by atoms with van der Waals surface area (Å²) >= 11 is 1.11. The minimum Gasteiger partial charge on any atom is -0.398 e. The first kappa shape index (κ1) is 13.0. The lowest BCUT2D eigenvalue weighted by Gasteiger charge is -2.04. The molecule has 0 spiro atoms. The number of rotatable bonds is 5. The zero-order valence-corrected chi connectivity index (χ0v) is 11.2. The van der Waals surface area contributed by atoms with Crippen LogP contribution in [-0.4, -0.2) is 19.9 Å². The molecule has 0 radical (unpaired) electrons. The average molecular weight is 283 g/mol. The Kier molecular flexibility index (Phi) is 3.95. The molecule has 0 aromatic carbocycles. The fourth-order valence-electron chi connectivity index (χ4n) is 1.40. The smallest absolute Gasteiger partial charge is 0.250 e. The summed E-state index contributed by atoms with van der Waals surface area (Å²) in [5, 5.41) is 1.60. The van der Waals surface area contributed by atoms with Crippen molar-refractivity contribution in [3.63, 3.8) is 0 Å². The molecule has 0 bridgehead atoms. The third-order valence-corrected chi connectivity index (χ3v) is 5.18. The van der Waals surface area contributed by atoms with E-state index in [0.29, 0.717) is 18.7 Å². The van der Waals surface area contributed by atoms with E-state index in [4.69, 9.17) is 5.73 Å². The van der Waals surface area contributed by atoms with Crippen molar-refractivity contribution in [2.45, 2.75) is 10.6 Å². The lowest BCUT2D eigenvalue weighted by Crippen LogP contribution is -2.25. The van der Waals surface area contributed by atoms with E-state index in [1.165, 1.54) is 6.07 Å². The summed E-state index contributed by atoms with van der Waals surface area (Å²) in [7, 11) is -3.45. The number of sulfonamides is 1. The van der Waals surface area contributed by atoms with Gasteiger partial charge in [0.25, 0.3) is 0 Å². The van der Waals surface area contributed by atoms with Gasteiger partial charge in [0.05, 0.1) is 0 Å². The number of nitrogens with one attached hydrogen (secondary N) is 1. The van der Waals surface area contributed by atoms with Gasteiger partial charge in [-0.25, -0.2) is 13.1 Å². The van der Waals surface area contributed by atoms with E-state index >= 15 is 0 Å². The van der Waals surface area contributed by atoms with Crippen LogP contribution in [0.1, 0.15) is 5.69 Å². The van der Waals surface area contributed by atoms with Crippen LogP contribution in [-0.2, 0) is 16.4 Å². The molecular weight excluding hydrogens is 270 g/mol. The predicted octanol–water partition coefficient (Wildman–Crippen LogP) is 1.25. The Morgan fingerprint density at radius 1 is 1.39 bits per heavy atom. The fraction of sp³-hybridized carbons (Fsp3) is 0.182. The number of aromatic nitrogens is 1. The Balaban J connectivity index is 1.94. The van der Waals surface area contributed by atoms with Gasteiger partial charge < -0.3 is 5.73 Å². The number of pyridine rings is 1. The van der Waals surface area contributed by atoms with E-state index in [9.17, 15) is 8.42 Å². The van der Waals surface area contributed by atoms with Crippen LogP contribution in [0.4, 0.5) is 5.69 Å². The van der Waals surface area contributed by atoms with Crippen LogP contribution < -0.4 is 10.5 Å². The number of hydrogen-bond acceptors (Lipinski definition) is 5. The summed E-state index contributed by atoms with van der Waals surface area (Å²) in [5.41, 5.74) is 6.82. The number of anilines is 1. The number of thiophene rings is 1. The first-order chi connectivity index (χ1) is 8.58. The summed E-state index contributed by atoms with van der Waals surface area (Å²) in [6.07, 6.45) is 2.24. The lowest BCUT2D eigenvalue weighted by atomic mass is 10.3. The van der Waals surface area contributed by atoms with Crippen LogP contribution in [0.15, 0.2) is 40.1 Å². The van der Waals surface area contributed by atoms with Gasteiger partial charge in [-0.1, -0.05) is 6.07 Å². The Bertz CT molecular complexity index is 608. The zero-order valence-electron chi connectivity index (χ0n) is 9.54. The molecule has 0 aliphatic carbocycles. The van der Waals surface area contributed by atoms with Crippen molar-refractivity contribution >= 4 is 27.0 Å². The highest BCUT2D eigenvalue weighted by Crippen LogP contribution is 2.21. The molecule has 0 aliphatic heterocycles. The second kappa shape index (κ2) is 5.47. The number of nitrogens with zero attached hydrogens (tertiary/aromatic N) is 1. The van der Waals surface area contributed by atoms with Crippen molar-refractivity contribution in [1.29, 1.82) is 0 Å². The molecule has 0 fully saturated rings. The molecule has 2 aromatic heterocycles. The first-order valence-corrected chi connectivity index (χ1v) is 7.68. The molecule has 2 heterocycles. The third-order valence-electron chi connectivity index (χ3n) is 2.26. The van der Waals surface area contributed by atoms with Gasteiger partial charge in [-0.05, 0) is 18.2 Å². The molecule has 18 heavy (non-hydrogen) atoms. The van der Waals surface area contributed by atoms with E-state index in [2.05, 4.69) is 9.71 Å². The fourth-order valence-corrected chi connectivity index (χ4v) is 3.56. The van der Waals surface area contributed by atoms with Gasteiger partial charge in [0.2, 0.25) is 10.0 Å². The Morgan fingerprint density at radius 2 is 2.22 bits per heavy atom. The second-order valence-electron chi connectivity index (χ2n) is 3.67. The second-order valence-corrected chi connectivity index (χ2v) is 6.57. The Hall–Kier alpha value is -1.44. The van der Waals surface area contributed by atoms with Gasteiger partial charge in [0.15, 0.2) is 0 Å². The Morgan fingerprint density at radius 3 is 2.83 bits per heavy atom. The highest BCUT2D eigenvalue weighted by molar-refractivity contribution is 7.91. The van der Waals surface area contributed by atoms with Gasteiger partial charge >= 0.3 is 0 Å². The van der Waals surface area contributed by atoms with Crippen molar-refractivity contribution < 1.29 is 8.42 Å². The number of nitrogen functional groups attached to an aromatic ring is 1. The van der Waals surface area contributed by atoms with Crippen molar-refractivity contribution in [1.82, 2.24) is 9.71 Å². The van der Waals surface area contributed by atoms with Gasteiger partial charge in [0, 0.05) is 35.9 Å². The predicted molar refractivity (Wildman–Crippen MR) is 71.9 cm³/mol. The molecule has 2 aromatic rings. The zero-order chi connectivity index (χ0) is 13.0. The van der Waals surface area contributed by atoms with Gasteiger partial charge in [0.1, 0.15) is 4.21 Å². The molecule has 3 N–H and O–H groups in total. The minimum absolute atomic E-state index is 0.237. The molecule has 7 heteroatoms. The van der Waals surface area contributed by atoms with Crippen LogP contribution in [0, 0.1) is 0 Å². The summed E-state index contributed by atoms with van der Waals surface area (Å²) in [6, 6.07) is 7.00. The van der Waals surface area contributed by atoms with Gasteiger partial charge in [-0.15, -0.1) is 11.3 Å².